The molecule has 13 nitrogen and oxygen atoms in total. The van der Waals surface area contributed by atoms with Gasteiger partial charge in [-0.25, -0.2) is 0 Å². The van der Waals surface area contributed by atoms with E-state index in [1.165, 1.54) is 6.92 Å². The molecule has 2 unspecified atom stereocenters. The number of ketones is 1. The Kier molecular flexibility index (Phi) is 14.1. The summed E-state index contributed by atoms with van der Waals surface area (Å²) in [4.78, 5) is 29.2. The number of nitrogens with zero attached hydrogens (tertiary/aromatic N) is 1. The number of aliphatic hydroxyl groups is 5. The van der Waals surface area contributed by atoms with Gasteiger partial charge >= 0.3 is 5.97 Å². The lowest BCUT2D eigenvalue weighted by Gasteiger charge is -2.47. The number of cyclic esters (lactones) is 1. The average molecular weight is 690 g/mol. The molecule has 0 saturated carbocycles. The van der Waals surface area contributed by atoms with Crippen LogP contribution in [0.5, 0.6) is 0 Å². The number of rotatable bonds is 6. The maximum absolute atomic E-state index is 13.7. The Bertz CT molecular complexity index is 1070. The minimum atomic E-state index is -1.73. The first kappa shape index (κ1) is 41.2. The summed E-state index contributed by atoms with van der Waals surface area (Å²) in [5.74, 6) is -3.74. The second kappa shape index (κ2) is 16.4. The van der Waals surface area contributed by atoms with Gasteiger partial charge in [-0.1, -0.05) is 34.6 Å². The second-order valence-electron chi connectivity index (χ2n) is 15.6. The minimum Gasteiger partial charge on any atom is -0.462 e. The zero-order valence-electron chi connectivity index (χ0n) is 30.7. The van der Waals surface area contributed by atoms with E-state index < -0.39 is 96.2 Å². The highest BCUT2D eigenvalue weighted by atomic mass is 16.7. The maximum atomic E-state index is 13.7. The van der Waals surface area contributed by atoms with Crippen LogP contribution in [0, 0.1) is 23.7 Å². The lowest BCUT2D eigenvalue weighted by atomic mass is 9.75. The van der Waals surface area contributed by atoms with E-state index in [-0.39, 0.29) is 37.2 Å². The Morgan fingerprint density at radius 2 is 1.50 bits per heavy atom. The van der Waals surface area contributed by atoms with Gasteiger partial charge in [-0.15, -0.1) is 0 Å². The van der Waals surface area contributed by atoms with Crippen LogP contribution in [0.25, 0.3) is 0 Å². The molecule has 3 aliphatic heterocycles. The maximum Gasteiger partial charge on any atom is 0.308 e. The molecule has 280 valence electrons. The molecule has 0 bridgehead atoms. The van der Waals surface area contributed by atoms with Crippen molar-refractivity contribution in [3.63, 3.8) is 0 Å². The molecule has 0 spiro atoms. The summed E-state index contributed by atoms with van der Waals surface area (Å²) in [5, 5.41) is 56.3. The molecule has 3 aliphatic rings. The monoisotopic (exact) mass is 689 g/mol. The van der Waals surface area contributed by atoms with Gasteiger partial charge in [-0.2, -0.15) is 0 Å². The molecule has 3 heterocycles. The van der Waals surface area contributed by atoms with Gasteiger partial charge in [0.05, 0.1) is 48.1 Å². The van der Waals surface area contributed by atoms with Gasteiger partial charge < -0.3 is 54.1 Å². The number of hydrogen-bond donors (Lipinski definition) is 5. The molecular weight excluding hydrogens is 626 g/mol. The highest BCUT2D eigenvalue weighted by Crippen LogP contribution is 2.38. The lowest BCUT2D eigenvalue weighted by molar-refractivity contribution is -0.313. The van der Waals surface area contributed by atoms with Crippen molar-refractivity contribution in [2.75, 3.05) is 14.1 Å². The van der Waals surface area contributed by atoms with E-state index in [1.807, 2.05) is 32.8 Å². The summed E-state index contributed by atoms with van der Waals surface area (Å²) in [7, 11) is 3.70. The number of aliphatic hydroxyl groups excluding tert-OH is 3. The molecule has 3 fully saturated rings. The van der Waals surface area contributed by atoms with Crippen molar-refractivity contribution in [3.8, 4) is 0 Å². The van der Waals surface area contributed by atoms with Crippen molar-refractivity contribution >= 4 is 11.8 Å². The number of Topliss-reactive ketones (excluding diaryl/α,β-unsaturated/α-hetero) is 1. The van der Waals surface area contributed by atoms with Gasteiger partial charge in [-0.3, -0.25) is 9.59 Å². The van der Waals surface area contributed by atoms with Crippen LogP contribution in [0.3, 0.4) is 0 Å². The predicted octanol–water partition coefficient (Wildman–Crippen LogP) is 1.77. The van der Waals surface area contributed by atoms with Crippen molar-refractivity contribution in [2.24, 2.45) is 23.7 Å². The third kappa shape index (κ3) is 9.54. The molecule has 0 amide bonds. The number of likely N-dealkylation sites (N-methyl/N-ethyl adjacent to an activating group) is 1. The van der Waals surface area contributed by atoms with E-state index in [0.29, 0.717) is 12.8 Å². The Hall–Kier alpha value is -1.26. The molecule has 0 radical (unpaired) electrons. The fourth-order valence-electron chi connectivity index (χ4n) is 7.86. The second-order valence-corrected chi connectivity index (χ2v) is 15.6. The largest absolute Gasteiger partial charge is 0.462 e. The predicted molar refractivity (Wildman–Crippen MR) is 175 cm³/mol. The first-order valence-electron chi connectivity index (χ1n) is 17.6. The molecule has 13 heteroatoms. The van der Waals surface area contributed by atoms with Gasteiger partial charge in [0.1, 0.15) is 24.1 Å². The molecule has 0 aromatic rings. The van der Waals surface area contributed by atoms with Crippen LogP contribution in [0.4, 0.5) is 0 Å². The summed E-state index contributed by atoms with van der Waals surface area (Å²) in [6.45, 7) is 15.2. The number of esters is 1. The first-order chi connectivity index (χ1) is 22.1. The van der Waals surface area contributed by atoms with Crippen molar-refractivity contribution in [3.05, 3.63) is 0 Å². The Morgan fingerprint density at radius 3 is 2.06 bits per heavy atom. The van der Waals surface area contributed by atoms with Crippen LogP contribution in [-0.4, -0.2) is 135 Å². The topological polar surface area (TPSA) is 185 Å². The molecule has 3 saturated heterocycles. The van der Waals surface area contributed by atoms with Gasteiger partial charge in [0.15, 0.2) is 12.6 Å². The SMILES string of the molecule is CCC1OC(=O)CC(O[C@H]2C[C@@](C)(O)[C@@H](O)[C@H](C)O2)[C@H](C)[C@@H](O[C@@H]2O[C@H](C)C[C@H](N(C)C)[C@H]2O)[C@](C)(O)C[C@@H](C)C(=O)[C@H](C)[C@@H](O)[C@H]1C. The molecule has 0 aliphatic carbocycles. The summed E-state index contributed by atoms with van der Waals surface area (Å²) >= 11 is 0. The van der Waals surface area contributed by atoms with Crippen LogP contribution >= 0.6 is 0 Å². The van der Waals surface area contributed by atoms with E-state index in [1.54, 1.807) is 41.5 Å². The number of hydrogen-bond acceptors (Lipinski definition) is 13. The van der Waals surface area contributed by atoms with Crippen molar-refractivity contribution in [2.45, 2.75) is 173 Å². The lowest BCUT2D eigenvalue weighted by Crippen LogP contribution is -2.59. The Morgan fingerprint density at radius 1 is 0.875 bits per heavy atom. The van der Waals surface area contributed by atoms with Crippen LogP contribution in [-0.2, 0) is 33.3 Å². The summed E-state index contributed by atoms with van der Waals surface area (Å²) in [5.41, 5.74) is -3.27. The summed E-state index contributed by atoms with van der Waals surface area (Å²) < 4.78 is 30.9. The molecular formula is C35H63NO12. The standard InChI is InChI=1S/C35H63NO12/c1-12-24-19(4)29(39)21(6)28(38)17(2)15-35(9,43)32(48-33-30(40)23(36(10)11)13-18(3)44-33)20(5)25(14-26(37)46-24)47-27-16-34(8,42)31(41)22(7)45-27/h17-25,27,29-33,39-43H,12-16H2,1-11H3/t17-,18-,19+,20+,21+,22+,23+,24?,25?,27+,29+,30-,31+,32-,33+,34-,35-/m1/s1. The van der Waals surface area contributed by atoms with Crippen LogP contribution in [0.2, 0.25) is 0 Å². The Labute approximate surface area is 286 Å². The number of carbonyl (C=O) groups is 2. The molecule has 3 rings (SSSR count). The van der Waals surface area contributed by atoms with E-state index in [9.17, 15) is 35.1 Å². The molecule has 17 atom stereocenters. The van der Waals surface area contributed by atoms with Crippen molar-refractivity contribution in [1.29, 1.82) is 0 Å². The fourth-order valence-corrected chi connectivity index (χ4v) is 7.86. The molecule has 5 N–H and O–H groups in total. The minimum absolute atomic E-state index is 0.0615. The van der Waals surface area contributed by atoms with Gasteiger partial charge in [-0.05, 0) is 61.1 Å². The third-order valence-corrected chi connectivity index (χ3v) is 10.9. The van der Waals surface area contributed by atoms with E-state index in [2.05, 4.69) is 0 Å². The number of ether oxygens (including phenoxy) is 5. The van der Waals surface area contributed by atoms with Crippen molar-refractivity contribution in [1.82, 2.24) is 4.90 Å². The summed E-state index contributed by atoms with van der Waals surface area (Å²) in [6, 6.07) is -0.305. The molecule has 0 aromatic carbocycles. The van der Waals surface area contributed by atoms with Crippen molar-refractivity contribution < 1.29 is 58.8 Å². The van der Waals surface area contributed by atoms with E-state index >= 15 is 0 Å². The van der Waals surface area contributed by atoms with Crippen LogP contribution in [0.15, 0.2) is 0 Å². The van der Waals surface area contributed by atoms with Crippen LogP contribution < -0.4 is 0 Å². The summed E-state index contributed by atoms with van der Waals surface area (Å²) in [6.07, 6.45) is -9.02. The molecule has 48 heavy (non-hydrogen) atoms. The smallest absolute Gasteiger partial charge is 0.308 e. The van der Waals surface area contributed by atoms with Crippen LogP contribution in [0.1, 0.15) is 94.4 Å². The average Bonchev–Trinajstić information content (AvgIpc) is 2.99. The normalized spacial score (nSPS) is 49.0. The highest BCUT2D eigenvalue weighted by Gasteiger charge is 2.50. The van der Waals surface area contributed by atoms with Gasteiger partial charge in [0.25, 0.3) is 0 Å². The number of carbonyl (C=O) groups excluding carboxylic acids is 2. The van der Waals surface area contributed by atoms with E-state index in [0.717, 1.165) is 0 Å². The zero-order chi connectivity index (χ0) is 36.5. The first-order valence-corrected chi connectivity index (χ1v) is 17.6. The highest BCUT2D eigenvalue weighted by molar-refractivity contribution is 5.83. The fraction of sp³-hybridized carbons (Fsp3) is 0.943. The van der Waals surface area contributed by atoms with Gasteiger partial charge in [0.2, 0.25) is 0 Å². The zero-order valence-corrected chi connectivity index (χ0v) is 30.7. The van der Waals surface area contributed by atoms with E-state index in [4.69, 9.17) is 23.7 Å². The quantitative estimate of drug-likeness (QED) is 0.255. The third-order valence-electron chi connectivity index (χ3n) is 10.9. The Balaban J connectivity index is 2.09. The molecule has 0 aromatic heterocycles. The van der Waals surface area contributed by atoms with Gasteiger partial charge in [0, 0.05) is 36.1 Å².